The number of carbonyl (C=O) groups is 1. The number of nitrogens with zero attached hydrogens (tertiary/aromatic N) is 1. The summed E-state index contributed by atoms with van der Waals surface area (Å²) in [5, 5.41) is 0. The van der Waals surface area contributed by atoms with E-state index >= 15 is 0 Å². The van der Waals surface area contributed by atoms with Gasteiger partial charge in [0.2, 0.25) is 5.91 Å². The highest BCUT2D eigenvalue weighted by molar-refractivity contribution is 5.87. The maximum atomic E-state index is 12.1. The zero-order valence-corrected chi connectivity index (χ0v) is 12.8. The Balaban J connectivity index is 1.68. The molecule has 19 heavy (non-hydrogen) atoms. The predicted molar refractivity (Wildman–Crippen MR) is 79.9 cm³/mol. The normalized spacial score (nSPS) is 30.5. The lowest BCUT2D eigenvalue weighted by Gasteiger charge is -2.43. The third-order valence-corrected chi connectivity index (χ3v) is 4.73. The van der Waals surface area contributed by atoms with Crippen molar-refractivity contribution in [3.05, 3.63) is 12.2 Å². The van der Waals surface area contributed by atoms with E-state index < -0.39 is 0 Å². The molecule has 0 aromatic rings. The summed E-state index contributed by atoms with van der Waals surface area (Å²) in [7, 11) is 0. The van der Waals surface area contributed by atoms with Crippen LogP contribution in [0.15, 0.2) is 12.2 Å². The van der Waals surface area contributed by atoms with E-state index in [4.69, 9.17) is 0 Å². The van der Waals surface area contributed by atoms with Gasteiger partial charge in [-0.15, -0.1) is 0 Å². The molecule has 1 saturated heterocycles. The first-order valence-corrected chi connectivity index (χ1v) is 7.96. The summed E-state index contributed by atoms with van der Waals surface area (Å²) in [5.41, 5.74) is 0.501. The van der Waals surface area contributed by atoms with E-state index in [9.17, 15) is 4.79 Å². The fourth-order valence-electron chi connectivity index (χ4n) is 3.81. The summed E-state index contributed by atoms with van der Waals surface area (Å²) in [5.74, 6) is 1.88. The number of allylic oxidation sites excluding steroid dienone is 1. The average Bonchev–Trinajstić information content (AvgIpc) is 2.72. The largest absolute Gasteiger partial charge is 0.339 e. The van der Waals surface area contributed by atoms with E-state index in [0.29, 0.717) is 5.41 Å². The second-order valence-electron chi connectivity index (χ2n) is 7.25. The van der Waals surface area contributed by atoms with Gasteiger partial charge in [0.15, 0.2) is 0 Å². The van der Waals surface area contributed by atoms with Crippen molar-refractivity contribution in [2.24, 2.45) is 17.3 Å². The zero-order valence-electron chi connectivity index (χ0n) is 12.8. The summed E-state index contributed by atoms with van der Waals surface area (Å²) in [6.07, 6.45) is 11.3. The van der Waals surface area contributed by atoms with E-state index in [-0.39, 0.29) is 5.91 Å². The van der Waals surface area contributed by atoms with Crippen LogP contribution in [0.3, 0.4) is 0 Å². The average molecular weight is 263 g/mol. The maximum Gasteiger partial charge on any atom is 0.246 e. The van der Waals surface area contributed by atoms with Crippen molar-refractivity contribution in [1.82, 2.24) is 4.90 Å². The fraction of sp³-hybridized carbons (Fsp3) is 0.824. The molecule has 2 aliphatic rings. The molecule has 0 aromatic carbocycles. The molecule has 0 bridgehead atoms. The lowest BCUT2D eigenvalue weighted by atomic mass is 9.62. The van der Waals surface area contributed by atoms with Gasteiger partial charge in [0, 0.05) is 13.1 Å². The van der Waals surface area contributed by atoms with Crippen molar-refractivity contribution in [3.63, 3.8) is 0 Å². The van der Waals surface area contributed by atoms with Gasteiger partial charge in [-0.1, -0.05) is 33.3 Å². The molecule has 1 heterocycles. The van der Waals surface area contributed by atoms with Gasteiger partial charge in [-0.2, -0.15) is 0 Å². The summed E-state index contributed by atoms with van der Waals surface area (Å²) >= 11 is 0. The molecule has 0 N–H and O–H groups in total. The quantitative estimate of drug-likeness (QED) is 0.542. The minimum atomic E-state index is 0.237. The van der Waals surface area contributed by atoms with Crippen LogP contribution < -0.4 is 0 Å². The molecule has 0 atom stereocenters. The Kier molecular flexibility index (Phi) is 4.70. The molecular weight excluding hydrogens is 234 g/mol. The van der Waals surface area contributed by atoms with Crippen LogP contribution in [0, 0.1) is 17.3 Å². The smallest absolute Gasteiger partial charge is 0.246 e. The summed E-state index contributed by atoms with van der Waals surface area (Å²) in [6, 6.07) is 0. The first kappa shape index (κ1) is 14.6. The highest BCUT2D eigenvalue weighted by atomic mass is 16.2. The van der Waals surface area contributed by atoms with Gasteiger partial charge in [0.1, 0.15) is 0 Å². The van der Waals surface area contributed by atoms with Gasteiger partial charge in [0.25, 0.3) is 0 Å². The Morgan fingerprint density at radius 2 is 2.16 bits per heavy atom. The molecule has 0 unspecified atom stereocenters. The van der Waals surface area contributed by atoms with Crippen molar-refractivity contribution >= 4 is 5.91 Å². The van der Waals surface area contributed by atoms with Gasteiger partial charge in [-0.25, -0.2) is 0 Å². The Bertz CT molecular complexity index is 339. The molecule has 1 aliphatic heterocycles. The topological polar surface area (TPSA) is 20.3 Å². The van der Waals surface area contributed by atoms with E-state index in [0.717, 1.165) is 31.3 Å². The Labute approximate surface area is 118 Å². The SMILES string of the molecule is CC(C)CCC/C=C/C(=O)N1CCC2(CC(C)C2)C1. The van der Waals surface area contributed by atoms with E-state index in [1.807, 2.05) is 0 Å². The fourth-order valence-corrected chi connectivity index (χ4v) is 3.81. The second-order valence-corrected chi connectivity index (χ2v) is 7.25. The van der Waals surface area contributed by atoms with Crippen molar-refractivity contribution in [2.75, 3.05) is 13.1 Å². The molecule has 1 spiro atoms. The van der Waals surface area contributed by atoms with Crippen LogP contribution in [0.5, 0.6) is 0 Å². The van der Waals surface area contributed by atoms with Crippen molar-refractivity contribution < 1.29 is 4.79 Å². The van der Waals surface area contributed by atoms with Gasteiger partial charge >= 0.3 is 0 Å². The Hall–Kier alpha value is -0.790. The zero-order chi connectivity index (χ0) is 13.9. The number of carbonyl (C=O) groups excluding carboxylic acids is 1. The van der Waals surface area contributed by atoms with Gasteiger partial charge in [0.05, 0.1) is 0 Å². The third-order valence-electron chi connectivity index (χ3n) is 4.73. The number of hydrogen-bond donors (Lipinski definition) is 0. The number of unbranched alkanes of at least 4 members (excludes halogenated alkanes) is 1. The third kappa shape index (κ3) is 3.84. The molecule has 1 saturated carbocycles. The molecule has 2 fully saturated rings. The summed E-state index contributed by atoms with van der Waals surface area (Å²) in [6.45, 7) is 8.80. The standard InChI is InChI=1S/C17H29NO/c1-14(2)7-5-4-6-8-16(19)18-10-9-17(13-18)11-15(3)12-17/h6,8,14-15H,4-5,7,9-13H2,1-3H3/b8-6+. The lowest BCUT2D eigenvalue weighted by molar-refractivity contribution is -0.125. The first-order valence-electron chi connectivity index (χ1n) is 7.96. The minimum absolute atomic E-state index is 0.237. The van der Waals surface area contributed by atoms with E-state index in [1.165, 1.54) is 32.1 Å². The summed E-state index contributed by atoms with van der Waals surface area (Å²) in [4.78, 5) is 14.2. The van der Waals surface area contributed by atoms with Crippen LogP contribution in [0.4, 0.5) is 0 Å². The minimum Gasteiger partial charge on any atom is -0.339 e. The molecule has 108 valence electrons. The van der Waals surface area contributed by atoms with Crippen molar-refractivity contribution in [3.8, 4) is 0 Å². The number of likely N-dealkylation sites (tertiary alicyclic amines) is 1. The van der Waals surface area contributed by atoms with Crippen LogP contribution in [-0.2, 0) is 4.79 Å². The maximum absolute atomic E-state index is 12.1. The number of amides is 1. The Morgan fingerprint density at radius 3 is 2.79 bits per heavy atom. The molecule has 2 rings (SSSR count). The number of rotatable bonds is 5. The molecular formula is C17H29NO. The molecule has 1 amide bonds. The predicted octanol–water partition coefficient (Wildman–Crippen LogP) is 4.02. The highest BCUT2D eigenvalue weighted by Gasteiger charge is 2.47. The van der Waals surface area contributed by atoms with Crippen LogP contribution in [0.1, 0.15) is 59.3 Å². The second kappa shape index (κ2) is 6.11. The van der Waals surface area contributed by atoms with Gasteiger partial charge in [-0.3, -0.25) is 4.79 Å². The van der Waals surface area contributed by atoms with Crippen LogP contribution in [0.2, 0.25) is 0 Å². The van der Waals surface area contributed by atoms with Crippen LogP contribution in [0.25, 0.3) is 0 Å². The molecule has 0 radical (unpaired) electrons. The molecule has 2 nitrogen and oxygen atoms in total. The van der Waals surface area contributed by atoms with E-state index in [2.05, 4.69) is 31.7 Å². The summed E-state index contributed by atoms with van der Waals surface area (Å²) < 4.78 is 0. The van der Waals surface area contributed by atoms with Gasteiger partial charge in [-0.05, 0) is 55.4 Å². The monoisotopic (exact) mass is 263 g/mol. The van der Waals surface area contributed by atoms with E-state index in [1.54, 1.807) is 6.08 Å². The van der Waals surface area contributed by atoms with Crippen molar-refractivity contribution in [1.29, 1.82) is 0 Å². The van der Waals surface area contributed by atoms with Gasteiger partial charge < -0.3 is 4.90 Å². The number of hydrogen-bond acceptors (Lipinski definition) is 1. The molecule has 1 aliphatic carbocycles. The molecule has 2 heteroatoms. The van der Waals surface area contributed by atoms with Crippen LogP contribution >= 0.6 is 0 Å². The van der Waals surface area contributed by atoms with Crippen LogP contribution in [-0.4, -0.2) is 23.9 Å². The highest BCUT2D eigenvalue weighted by Crippen LogP contribution is 2.51. The lowest BCUT2D eigenvalue weighted by Crippen LogP contribution is -2.39. The Morgan fingerprint density at radius 1 is 1.42 bits per heavy atom. The first-order chi connectivity index (χ1) is 9.01. The molecule has 0 aromatic heterocycles. The van der Waals surface area contributed by atoms with Crippen molar-refractivity contribution in [2.45, 2.75) is 59.3 Å².